The number of aryl methyl sites for hydroxylation is 1. The van der Waals surface area contributed by atoms with Crippen LogP contribution in [-0.4, -0.2) is 41.5 Å². The smallest absolute Gasteiger partial charge is 0.234 e. The van der Waals surface area contributed by atoms with Crippen LogP contribution < -0.4 is 4.31 Å². The zero-order valence-electron chi connectivity index (χ0n) is 15.4. The van der Waals surface area contributed by atoms with Crippen LogP contribution in [0.2, 0.25) is 0 Å². The van der Waals surface area contributed by atoms with Crippen LogP contribution in [0.3, 0.4) is 0 Å². The first-order valence-corrected chi connectivity index (χ1v) is 11.3. The van der Waals surface area contributed by atoms with E-state index in [1.165, 1.54) is 15.6 Å². The van der Waals surface area contributed by atoms with Crippen molar-refractivity contribution in [1.29, 1.82) is 0 Å². The van der Waals surface area contributed by atoms with Crippen LogP contribution in [0.1, 0.15) is 29.5 Å². The molecule has 0 N–H and O–H groups in total. The van der Waals surface area contributed by atoms with Crippen molar-refractivity contribution < 1.29 is 13.2 Å². The lowest BCUT2D eigenvalue weighted by Crippen LogP contribution is -2.38. The molecule has 0 saturated carbocycles. The number of ketones is 1. The summed E-state index contributed by atoms with van der Waals surface area (Å²) in [6, 6.07) is 7.21. The molecule has 9 heteroatoms. The first-order chi connectivity index (χ1) is 13.4. The van der Waals surface area contributed by atoms with Gasteiger partial charge in [-0.05, 0) is 38.1 Å². The number of hydrogen-bond acceptors (Lipinski definition) is 7. The van der Waals surface area contributed by atoms with Gasteiger partial charge in [0.05, 0.1) is 27.7 Å². The van der Waals surface area contributed by atoms with Gasteiger partial charge in [-0.2, -0.15) is 0 Å². The molecule has 144 valence electrons. The summed E-state index contributed by atoms with van der Waals surface area (Å²) in [4.78, 5) is 26.5. The number of carbonyl (C=O) groups is 1. The molecular weight excluding hydrogens is 396 g/mol. The lowest BCUT2D eigenvalue weighted by molar-refractivity contribution is 0.0977. The third kappa shape index (κ3) is 3.20. The number of anilines is 1. The number of nitrogens with zero attached hydrogens (tertiary/aromatic N) is 4. The minimum Gasteiger partial charge on any atom is -0.292 e. The highest BCUT2D eigenvalue weighted by Crippen LogP contribution is 2.36. The van der Waals surface area contributed by atoms with Crippen LogP contribution in [0.5, 0.6) is 0 Å². The third-order valence-corrected chi connectivity index (χ3v) is 7.60. The molecule has 0 atom stereocenters. The Kier molecular flexibility index (Phi) is 4.72. The van der Waals surface area contributed by atoms with Crippen molar-refractivity contribution in [2.24, 2.45) is 0 Å². The minimum absolute atomic E-state index is 0.0230. The zero-order valence-corrected chi connectivity index (χ0v) is 17.0. The topological polar surface area (TPSA) is 93.1 Å². The molecule has 0 fully saturated rings. The van der Waals surface area contributed by atoms with E-state index in [2.05, 4.69) is 15.0 Å². The van der Waals surface area contributed by atoms with Crippen molar-refractivity contribution in [3.63, 3.8) is 0 Å². The fraction of sp³-hybridized carbons (Fsp3) is 0.263. The number of carbonyl (C=O) groups excluding carboxylic acids is 1. The van der Waals surface area contributed by atoms with Crippen LogP contribution in [0.4, 0.5) is 5.69 Å². The van der Waals surface area contributed by atoms with Crippen LogP contribution in [0.15, 0.2) is 36.7 Å². The summed E-state index contributed by atoms with van der Waals surface area (Å²) in [5.74, 6) is -0.167. The fourth-order valence-corrected chi connectivity index (χ4v) is 5.27. The van der Waals surface area contributed by atoms with Crippen LogP contribution in [-0.2, 0) is 10.0 Å². The van der Waals surface area contributed by atoms with Gasteiger partial charge < -0.3 is 0 Å². The third-order valence-electron chi connectivity index (χ3n) is 4.59. The molecule has 0 amide bonds. The molecule has 0 spiro atoms. The minimum atomic E-state index is -3.45. The molecule has 1 aliphatic heterocycles. The Labute approximate surface area is 167 Å². The van der Waals surface area contributed by atoms with Gasteiger partial charge in [-0.15, -0.1) is 11.3 Å². The average Bonchev–Trinajstić information content (AvgIpc) is 3.10. The molecule has 0 aliphatic carbocycles. The van der Waals surface area contributed by atoms with Crippen molar-refractivity contribution in [1.82, 2.24) is 15.0 Å². The second-order valence-corrected chi connectivity index (χ2v) is 9.57. The summed E-state index contributed by atoms with van der Waals surface area (Å²) in [5, 5.41) is 0.821. The summed E-state index contributed by atoms with van der Waals surface area (Å²) in [6.45, 7) is 3.64. The normalized spacial score (nSPS) is 14.2. The van der Waals surface area contributed by atoms with Gasteiger partial charge in [-0.3, -0.25) is 14.1 Å². The molecule has 4 heterocycles. The fourth-order valence-electron chi connectivity index (χ4n) is 3.12. The maximum atomic E-state index is 12.4. The van der Waals surface area contributed by atoms with Gasteiger partial charge in [0.15, 0.2) is 5.78 Å². The Morgan fingerprint density at radius 1 is 1.21 bits per heavy atom. The first-order valence-electron chi connectivity index (χ1n) is 8.83. The molecular formula is C19H18N4O3S2. The molecule has 3 aromatic heterocycles. The molecule has 0 unspecified atom stereocenters. The van der Waals surface area contributed by atoms with E-state index >= 15 is 0 Å². The molecule has 0 bridgehead atoms. The second-order valence-electron chi connectivity index (χ2n) is 6.39. The molecule has 0 radical (unpaired) electrons. The molecule has 4 rings (SSSR count). The van der Waals surface area contributed by atoms with Crippen LogP contribution in [0.25, 0.3) is 21.1 Å². The van der Waals surface area contributed by atoms with Gasteiger partial charge in [-0.25, -0.2) is 18.4 Å². The van der Waals surface area contributed by atoms with E-state index in [0.717, 1.165) is 21.1 Å². The highest BCUT2D eigenvalue weighted by Gasteiger charge is 2.31. The number of Topliss-reactive ketones (excluding diaryl/α,β-unsaturated/α-hetero) is 1. The Bertz CT molecular complexity index is 1160. The SMILES string of the molecule is CCS(=O)(=O)N1CCC(=O)c2nc(-c3sc(-c4cccnc4)nc3C)ccc21. The summed E-state index contributed by atoms with van der Waals surface area (Å²) in [6.07, 6.45) is 3.59. The molecule has 0 saturated heterocycles. The molecule has 28 heavy (non-hydrogen) atoms. The Balaban J connectivity index is 1.79. The maximum Gasteiger partial charge on any atom is 0.234 e. The van der Waals surface area contributed by atoms with E-state index in [0.29, 0.717) is 11.4 Å². The summed E-state index contributed by atoms with van der Waals surface area (Å²) in [7, 11) is -3.45. The van der Waals surface area contributed by atoms with E-state index in [-0.39, 0.29) is 30.2 Å². The lowest BCUT2D eigenvalue weighted by atomic mass is 10.1. The average molecular weight is 415 g/mol. The number of aromatic nitrogens is 3. The van der Waals surface area contributed by atoms with Crippen molar-refractivity contribution in [3.8, 4) is 21.1 Å². The maximum absolute atomic E-state index is 12.4. The number of rotatable bonds is 4. The monoisotopic (exact) mass is 414 g/mol. The molecule has 7 nitrogen and oxygen atoms in total. The van der Waals surface area contributed by atoms with Crippen molar-refractivity contribution >= 4 is 32.8 Å². The highest BCUT2D eigenvalue weighted by molar-refractivity contribution is 7.92. The van der Waals surface area contributed by atoms with E-state index < -0.39 is 10.0 Å². The zero-order chi connectivity index (χ0) is 19.9. The number of sulfonamides is 1. The largest absolute Gasteiger partial charge is 0.292 e. The number of pyridine rings is 2. The van der Waals surface area contributed by atoms with Crippen molar-refractivity contribution in [2.75, 3.05) is 16.6 Å². The first kappa shape index (κ1) is 18.7. The summed E-state index contributed by atoms with van der Waals surface area (Å²) >= 11 is 1.47. The van der Waals surface area contributed by atoms with Gasteiger partial charge in [0.2, 0.25) is 10.0 Å². The lowest BCUT2D eigenvalue weighted by Gasteiger charge is -2.28. The highest BCUT2D eigenvalue weighted by atomic mass is 32.2. The molecule has 1 aliphatic rings. The second kappa shape index (κ2) is 7.06. The Morgan fingerprint density at radius 2 is 2.04 bits per heavy atom. The predicted octanol–water partition coefficient (Wildman–Crippen LogP) is 3.32. The van der Waals surface area contributed by atoms with Gasteiger partial charge in [0.1, 0.15) is 10.7 Å². The van der Waals surface area contributed by atoms with E-state index in [1.54, 1.807) is 31.5 Å². The van der Waals surface area contributed by atoms with Crippen molar-refractivity contribution in [3.05, 3.63) is 48.0 Å². The Hall–Kier alpha value is -2.65. The number of hydrogen-bond donors (Lipinski definition) is 0. The van der Waals surface area contributed by atoms with Gasteiger partial charge in [0.25, 0.3) is 0 Å². The standard InChI is InChI=1S/C19H18N4O3S2/c1-3-28(25,26)23-10-8-16(24)17-15(23)7-6-14(22-17)18-12(2)21-19(27-18)13-5-4-9-20-11-13/h4-7,9,11H,3,8,10H2,1-2H3. The van der Waals surface area contributed by atoms with E-state index in [9.17, 15) is 13.2 Å². The number of fused-ring (bicyclic) bond motifs is 1. The Morgan fingerprint density at radius 3 is 2.75 bits per heavy atom. The summed E-state index contributed by atoms with van der Waals surface area (Å²) in [5.41, 5.74) is 2.90. The van der Waals surface area contributed by atoms with Gasteiger partial charge in [-0.1, -0.05) is 0 Å². The summed E-state index contributed by atoms with van der Waals surface area (Å²) < 4.78 is 26.0. The van der Waals surface area contributed by atoms with Gasteiger partial charge in [0, 0.05) is 30.9 Å². The van der Waals surface area contributed by atoms with E-state index in [4.69, 9.17) is 0 Å². The van der Waals surface area contributed by atoms with Crippen LogP contribution in [0, 0.1) is 6.92 Å². The predicted molar refractivity (Wildman–Crippen MR) is 109 cm³/mol. The van der Waals surface area contributed by atoms with E-state index in [1.807, 2.05) is 19.1 Å². The van der Waals surface area contributed by atoms with Crippen LogP contribution >= 0.6 is 11.3 Å². The van der Waals surface area contributed by atoms with Crippen molar-refractivity contribution in [2.45, 2.75) is 20.3 Å². The molecule has 3 aromatic rings. The quantitative estimate of drug-likeness (QED) is 0.650. The number of thiazole rings is 1. The molecule has 0 aromatic carbocycles. The van der Waals surface area contributed by atoms with Gasteiger partial charge >= 0.3 is 0 Å².